The molecule has 7 unspecified atom stereocenters. The third-order valence-electron chi connectivity index (χ3n) is 14.7. The Morgan fingerprint density at radius 2 is 1.45 bits per heavy atom. The molecule has 2 aliphatic carbocycles. The van der Waals surface area contributed by atoms with E-state index in [0.717, 1.165) is 65.7 Å². The third-order valence-corrected chi connectivity index (χ3v) is 16.1. The van der Waals surface area contributed by atoms with Crippen LogP contribution in [0.1, 0.15) is 108 Å². The van der Waals surface area contributed by atoms with Gasteiger partial charge in [-0.15, -0.1) is 4.40 Å². The summed E-state index contributed by atoms with van der Waals surface area (Å²) in [5.41, 5.74) is 8.93. The summed E-state index contributed by atoms with van der Waals surface area (Å²) in [6, 6.07) is 13.6. The molecular formula is C49H60N8O8S. The van der Waals surface area contributed by atoms with E-state index in [1.165, 1.54) is 37.3 Å². The smallest absolute Gasteiger partial charge is 0.407 e. The van der Waals surface area contributed by atoms with Gasteiger partial charge in [-0.2, -0.15) is 8.42 Å². The molecule has 3 fully saturated rings. The molecule has 4 aromatic rings. The van der Waals surface area contributed by atoms with Crippen molar-refractivity contribution in [3.63, 3.8) is 0 Å². The fourth-order valence-electron chi connectivity index (χ4n) is 11.2. The lowest BCUT2D eigenvalue weighted by Crippen LogP contribution is -2.55. The van der Waals surface area contributed by atoms with Crippen LogP contribution in [0.15, 0.2) is 57.8 Å². The second-order valence-corrected chi connectivity index (χ2v) is 20.5. The fourth-order valence-corrected chi connectivity index (χ4v) is 12.3. The van der Waals surface area contributed by atoms with Crippen molar-refractivity contribution in [2.45, 2.75) is 120 Å². The molecule has 7 atom stereocenters. The van der Waals surface area contributed by atoms with Crippen LogP contribution < -0.4 is 16.0 Å². The minimum absolute atomic E-state index is 0.0794. The SMILES string of the molecule is CCC(C)C(NC(=O)OC)C(=O)N1CCCC1C1=NS(=O)(=O)c2ccc(-c3ccc(-c4ccc5nc(C6CCCN6C(=O)C(NC(=O)OC)C(C)C)[nH]c5c4)c4c3CC3CCCC43)cc2N1. The number of carbonyl (C=O) groups is 4. The van der Waals surface area contributed by atoms with Crippen LogP contribution >= 0.6 is 0 Å². The van der Waals surface area contributed by atoms with Gasteiger partial charge in [0, 0.05) is 13.1 Å². The predicted octanol–water partition coefficient (Wildman–Crippen LogP) is 7.66. The summed E-state index contributed by atoms with van der Waals surface area (Å²) in [6.07, 6.45) is 6.41. The number of hydrogen-bond acceptors (Lipinski definition) is 10. The molecule has 5 aliphatic rings. The largest absolute Gasteiger partial charge is 0.453 e. The summed E-state index contributed by atoms with van der Waals surface area (Å²) in [4.78, 5) is 64.4. The lowest BCUT2D eigenvalue weighted by atomic mass is 9.86. The highest BCUT2D eigenvalue weighted by molar-refractivity contribution is 7.90. The average molecular weight is 921 g/mol. The highest BCUT2D eigenvalue weighted by Crippen LogP contribution is 2.54. The highest BCUT2D eigenvalue weighted by atomic mass is 32.2. The molecule has 1 saturated carbocycles. The van der Waals surface area contributed by atoms with Gasteiger partial charge in [0.15, 0.2) is 0 Å². The molecule has 0 bridgehead atoms. The first-order valence-corrected chi connectivity index (χ1v) is 24.9. The molecule has 350 valence electrons. The number of fused-ring (bicyclic) bond motifs is 5. The molecule has 1 aromatic heterocycles. The van der Waals surface area contributed by atoms with Gasteiger partial charge in [-0.05, 0) is 126 Å². The van der Waals surface area contributed by atoms with Gasteiger partial charge in [0.25, 0.3) is 10.0 Å². The summed E-state index contributed by atoms with van der Waals surface area (Å²) in [5, 5.41) is 8.77. The second kappa shape index (κ2) is 18.0. The van der Waals surface area contributed by atoms with Crippen LogP contribution in [0.5, 0.6) is 0 Å². The maximum absolute atomic E-state index is 14.0. The Hall–Kier alpha value is -5.97. The van der Waals surface area contributed by atoms with E-state index < -0.39 is 40.3 Å². The number of benzene rings is 3. The maximum atomic E-state index is 14.0. The normalized spacial score (nSPS) is 23.0. The molecule has 16 nitrogen and oxygen atoms in total. The van der Waals surface area contributed by atoms with Crippen LogP contribution in [0.2, 0.25) is 0 Å². The zero-order chi connectivity index (χ0) is 46.6. The number of amides is 4. The molecule has 0 spiro atoms. The van der Waals surface area contributed by atoms with Gasteiger partial charge < -0.3 is 40.2 Å². The molecule has 17 heteroatoms. The minimum Gasteiger partial charge on any atom is -0.453 e. The molecule has 3 aromatic carbocycles. The number of rotatable bonds is 11. The number of anilines is 1. The molecular weight excluding hydrogens is 861 g/mol. The Bertz CT molecular complexity index is 2730. The first-order chi connectivity index (χ1) is 31.7. The number of sulfonamides is 1. The first kappa shape index (κ1) is 45.2. The van der Waals surface area contributed by atoms with Crippen LogP contribution in [-0.4, -0.2) is 103 Å². The van der Waals surface area contributed by atoms with Crippen molar-refractivity contribution in [2.24, 2.45) is 22.2 Å². The van der Waals surface area contributed by atoms with Crippen LogP contribution in [0.4, 0.5) is 15.3 Å². The first-order valence-electron chi connectivity index (χ1n) is 23.4. The van der Waals surface area contributed by atoms with Gasteiger partial charge >= 0.3 is 12.2 Å². The number of nitrogens with zero attached hydrogens (tertiary/aromatic N) is 4. The van der Waals surface area contributed by atoms with Crippen molar-refractivity contribution < 1.29 is 37.1 Å². The highest BCUT2D eigenvalue weighted by Gasteiger charge is 2.43. The Kier molecular flexibility index (Phi) is 12.3. The molecule has 4 amide bonds. The van der Waals surface area contributed by atoms with Gasteiger partial charge in [-0.25, -0.2) is 14.6 Å². The monoisotopic (exact) mass is 920 g/mol. The maximum Gasteiger partial charge on any atom is 0.407 e. The van der Waals surface area contributed by atoms with E-state index >= 15 is 0 Å². The van der Waals surface area contributed by atoms with E-state index in [-0.39, 0.29) is 40.4 Å². The molecule has 9 rings (SSSR count). The van der Waals surface area contributed by atoms with E-state index in [1.807, 2.05) is 50.8 Å². The molecule has 66 heavy (non-hydrogen) atoms. The average Bonchev–Trinajstić information content (AvgIpc) is 4.17. The van der Waals surface area contributed by atoms with Crippen molar-refractivity contribution in [3.05, 3.63) is 65.5 Å². The van der Waals surface area contributed by atoms with E-state index in [4.69, 9.17) is 14.5 Å². The van der Waals surface area contributed by atoms with Crippen molar-refractivity contribution >= 4 is 56.6 Å². The van der Waals surface area contributed by atoms with Crippen LogP contribution in [0.25, 0.3) is 33.3 Å². The Labute approximate surface area is 385 Å². The molecule has 4 heterocycles. The number of carbonyl (C=O) groups excluding carboxylic acids is 4. The number of aromatic amines is 1. The van der Waals surface area contributed by atoms with Crippen LogP contribution in [0, 0.1) is 17.8 Å². The van der Waals surface area contributed by atoms with Crippen molar-refractivity contribution in [3.8, 4) is 22.3 Å². The number of imidazole rings is 1. The topological polar surface area (TPSA) is 204 Å². The lowest BCUT2D eigenvalue weighted by Gasteiger charge is -2.33. The summed E-state index contributed by atoms with van der Waals surface area (Å²) in [6.45, 7) is 8.61. The number of nitrogens with one attached hydrogen (secondary N) is 4. The molecule has 3 aliphatic heterocycles. The van der Waals surface area contributed by atoms with Crippen molar-refractivity contribution in [2.75, 3.05) is 32.6 Å². The number of H-pyrrole nitrogens is 1. The molecule has 4 N–H and O–H groups in total. The number of aromatic nitrogens is 2. The van der Waals surface area contributed by atoms with E-state index in [1.54, 1.807) is 11.0 Å². The Morgan fingerprint density at radius 3 is 2.17 bits per heavy atom. The lowest BCUT2D eigenvalue weighted by molar-refractivity contribution is -0.135. The quantitative estimate of drug-likeness (QED) is 0.116. The fraction of sp³-hybridized carbons (Fsp3) is 0.510. The van der Waals surface area contributed by atoms with Crippen LogP contribution in [-0.2, 0) is 35.5 Å². The standard InChI is InChI=1S/C49H60N8O8S/c1-7-27(4)43(54-49(61)65-6)47(59)57-22-10-14-39(57)45-52-37-25-29(16-20-40(37)66(62,63)55-45)31-17-18-33(41-32-12-8-11-28(32)23-34(31)41)30-15-19-35-36(24-30)51-44(50-35)38-13-9-21-56(38)46(58)42(26(2)3)53-48(60)64-5/h15-20,24-28,32,38-39,42-43H,7-14,21-23H2,1-6H3,(H,50,51)(H,52,55)(H,53,60)(H,54,61). The summed E-state index contributed by atoms with van der Waals surface area (Å²) >= 11 is 0. The zero-order valence-electron chi connectivity index (χ0n) is 38.5. The minimum atomic E-state index is -4.10. The van der Waals surface area contributed by atoms with Crippen molar-refractivity contribution in [1.29, 1.82) is 0 Å². The number of alkyl carbamates (subject to hydrolysis) is 2. The van der Waals surface area contributed by atoms with Gasteiger partial charge in [0.05, 0.1) is 43.0 Å². The van der Waals surface area contributed by atoms with E-state index in [9.17, 15) is 27.6 Å². The molecule has 2 saturated heterocycles. The Morgan fingerprint density at radius 1 is 0.803 bits per heavy atom. The molecule has 0 radical (unpaired) electrons. The van der Waals surface area contributed by atoms with Gasteiger partial charge in [-0.3, -0.25) is 9.59 Å². The number of methoxy groups -OCH3 is 2. The number of ether oxygens (including phenoxy) is 2. The predicted molar refractivity (Wildman–Crippen MR) is 250 cm³/mol. The second-order valence-electron chi connectivity index (χ2n) is 18.9. The number of hydrogen-bond donors (Lipinski definition) is 4. The van der Waals surface area contributed by atoms with E-state index in [0.29, 0.717) is 49.9 Å². The summed E-state index contributed by atoms with van der Waals surface area (Å²) in [7, 11) is -1.55. The number of likely N-dealkylation sites (tertiary alicyclic amines) is 2. The van der Waals surface area contributed by atoms with Crippen molar-refractivity contribution in [1.82, 2.24) is 30.4 Å². The third kappa shape index (κ3) is 8.17. The Balaban J connectivity index is 1.01. The van der Waals surface area contributed by atoms with Gasteiger partial charge in [0.1, 0.15) is 28.6 Å². The number of amidine groups is 1. The summed E-state index contributed by atoms with van der Waals surface area (Å²) in [5.74, 6) is 1.07. The van der Waals surface area contributed by atoms with Crippen LogP contribution in [0.3, 0.4) is 0 Å². The van der Waals surface area contributed by atoms with E-state index in [2.05, 4.69) is 49.6 Å². The van der Waals surface area contributed by atoms with Gasteiger partial charge in [0.2, 0.25) is 11.8 Å². The van der Waals surface area contributed by atoms with Gasteiger partial charge in [-0.1, -0.05) is 64.8 Å². The summed E-state index contributed by atoms with van der Waals surface area (Å²) < 4.78 is 41.5. The zero-order valence-corrected chi connectivity index (χ0v) is 39.3.